The normalized spacial score (nSPS) is 16.2. The molecule has 1 aliphatic heterocycles. The van der Waals surface area contributed by atoms with Crippen molar-refractivity contribution in [2.75, 3.05) is 17.8 Å². The fraction of sp³-hybridized carbons (Fsp3) is 0.400. The minimum Gasteiger partial charge on any atom is -0.280 e. The molecule has 0 spiro atoms. The lowest BCUT2D eigenvalue weighted by molar-refractivity contribution is 0.477. The number of hydrogen-bond acceptors (Lipinski definition) is 5. The van der Waals surface area contributed by atoms with Crippen LogP contribution < -0.4 is 4.72 Å². The molecule has 1 aromatic heterocycles. The molecule has 8 nitrogen and oxygen atoms in total. The Bertz CT molecular complexity index is 944. The molecule has 0 radical (unpaired) electrons. The van der Waals surface area contributed by atoms with Crippen LogP contribution in [0.4, 0.5) is 5.69 Å². The molecule has 0 unspecified atom stereocenters. The Morgan fingerprint density at radius 1 is 1.04 bits per heavy atom. The molecular weight excluding hydrogens is 364 g/mol. The summed E-state index contributed by atoms with van der Waals surface area (Å²) < 4.78 is 55.0. The highest BCUT2D eigenvalue weighted by molar-refractivity contribution is 7.92. The zero-order valence-corrected chi connectivity index (χ0v) is 15.4. The number of nitrogens with one attached hydrogen (secondary N) is 1. The van der Waals surface area contributed by atoms with Crippen LogP contribution in [0.1, 0.15) is 19.8 Å². The number of benzene rings is 1. The van der Waals surface area contributed by atoms with Crippen LogP contribution in [0.2, 0.25) is 0 Å². The Labute approximate surface area is 147 Å². The Morgan fingerprint density at radius 2 is 1.68 bits per heavy atom. The van der Waals surface area contributed by atoms with Gasteiger partial charge in [-0.05, 0) is 44.0 Å². The number of nitrogens with zero attached hydrogens (tertiary/aromatic N) is 3. The number of aryl methyl sites for hydroxylation is 1. The van der Waals surface area contributed by atoms with Crippen molar-refractivity contribution in [2.24, 2.45) is 0 Å². The van der Waals surface area contributed by atoms with Crippen molar-refractivity contribution in [3.63, 3.8) is 0 Å². The van der Waals surface area contributed by atoms with Gasteiger partial charge in [-0.2, -0.15) is 9.40 Å². The van der Waals surface area contributed by atoms with Gasteiger partial charge in [-0.15, -0.1) is 0 Å². The van der Waals surface area contributed by atoms with E-state index in [4.69, 9.17) is 0 Å². The highest BCUT2D eigenvalue weighted by atomic mass is 32.2. The maximum atomic E-state index is 12.5. The standard InChI is InChI=1S/C15H20N4O4S2/c1-2-18-12-15(11-16-18)24(20,21)17-13-5-7-14(8-6-13)25(22,23)19-9-3-4-10-19/h5-8,11-12,17H,2-4,9-10H2,1H3. The van der Waals surface area contributed by atoms with E-state index >= 15 is 0 Å². The smallest absolute Gasteiger partial charge is 0.265 e. The maximum Gasteiger partial charge on any atom is 0.265 e. The third kappa shape index (κ3) is 3.70. The van der Waals surface area contributed by atoms with E-state index < -0.39 is 20.0 Å². The monoisotopic (exact) mass is 384 g/mol. The molecule has 1 saturated heterocycles. The van der Waals surface area contributed by atoms with Crippen molar-refractivity contribution in [2.45, 2.75) is 36.1 Å². The molecule has 136 valence electrons. The van der Waals surface area contributed by atoms with Gasteiger partial charge in [0.15, 0.2) is 0 Å². The predicted octanol–water partition coefficient (Wildman–Crippen LogP) is 1.49. The van der Waals surface area contributed by atoms with E-state index in [1.54, 1.807) is 0 Å². The van der Waals surface area contributed by atoms with Gasteiger partial charge in [-0.3, -0.25) is 9.40 Å². The van der Waals surface area contributed by atoms with Gasteiger partial charge in [0.1, 0.15) is 4.90 Å². The molecule has 1 N–H and O–H groups in total. The summed E-state index contributed by atoms with van der Waals surface area (Å²) in [7, 11) is -7.27. The van der Waals surface area contributed by atoms with Gasteiger partial charge in [0.05, 0.1) is 11.1 Å². The van der Waals surface area contributed by atoms with Gasteiger partial charge in [-0.25, -0.2) is 16.8 Å². The molecule has 2 aromatic rings. The quantitative estimate of drug-likeness (QED) is 0.813. The third-order valence-corrected chi connectivity index (χ3v) is 7.30. The summed E-state index contributed by atoms with van der Waals surface area (Å²) in [6.45, 7) is 3.48. The lowest BCUT2D eigenvalue weighted by Crippen LogP contribution is -2.27. The molecule has 0 amide bonds. The van der Waals surface area contributed by atoms with Crippen LogP contribution >= 0.6 is 0 Å². The Hall–Kier alpha value is -1.91. The van der Waals surface area contributed by atoms with E-state index in [0.29, 0.717) is 25.3 Å². The largest absolute Gasteiger partial charge is 0.280 e. The first kappa shape index (κ1) is 17.9. The first-order valence-electron chi connectivity index (χ1n) is 7.98. The highest BCUT2D eigenvalue weighted by Crippen LogP contribution is 2.23. The fourth-order valence-electron chi connectivity index (χ4n) is 2.64. The van der Waals surface area contributed by atoms with E-state index in [1.165, 1.54) is 45.6 Å². The van der Waals surface area contributed by atoms with E-state index in [1.807, 2.05) is 6.92 Å². The number of sulfonamides is 2. The summed E-state index contributed by atoms with van der Waals surface area (Å²) in [5, 5.41) is 3.95. The second-order valence-corrected chi connectivity index (χ2v) is 9.39. The average molecular weight is 384 g/mol. The minimum absolute atomic E-state index is 0.0584. The summed E-state index contributed by atoms with van der Waals surface area (Å²) in [5.74, 6) is 0. The molecule has 0 aliphatic carbocycles. The molecule has 10 heteroatoms. The Morgan fingerprint density at radius 3 is 2.24 bits per heavy atom. The molecule has 3 rings (SSSR count). The summed E-state index contributed by atoms with van der Waals surface area (Å²) in [5.41, 5.74) is 0.296. The lowest BCUT2D eigenvalue weighted by Gasteiger charge is -2.15. The number of rotatable bonds is 6. The van der Waals surface area contributed by atoms with Gasteiger partial charge in [0.2, 0.25) is 10.0 Å². The molecule has 2 heterocycles. The SMILES string of the molecule is CCn1cc(S(=O)(=O)Nc2ccc(S(=O)(=O)N3CCCC3)cc2)cn1. The summed E-state index contributed by atoms with van der Waals surface area (Å²) >= 11 is 0. The van der Waals surface area contributed by atoms with Crippen LogP contribution in [0.25, 0.3) is 0 Å². The number of aromatic nitrogens is 2. The molecular formula is C15H20N4O4S2. The molecule has 1 aromatic carbocycles. The summed E-state index contributed by atoms with van der Waals surface area (Å²) in [6.07, 6.45) is 4.44. The van der Waals surface area contributed by atoms with Crippen LogP contribution in [0, 0.1) is 0 Å². The van der Waals surface area contributed by atoms with E-state index in [2.05, 4.69) is 9.82 Å². The lowest BCUT2D eigenvalue weighted by atomic mass is 10.3. The van der Waals surface area contributed by atoms with Crippen molar-refractivity contribution >= 4 is 25.7 Å². The molecule has 0 atom stereocenters. The van der Waals surface area contributed by atoms with Crippen LogP contribution in [0.15, 0.2) is 46.5 Å². The van der Waals surface area contributed by atoms with Crippen molar-refractivity contribution in [1.82, 2.24) is 14.1 Å². The number of anilines is 1. The van der Waals surface area contributed by atoms with Crippen molar-refractivity contribution in [3.05, 3.63) is 36.7 Å². The highest BCUT2D eigenvalue weighted by Gasteiger charge is 2.27. The van der Waals surface area contributed by atoms with Crippen LogP contribution in [-0.4, -0.2) is 44.0 Å². The molecule has 0 bridgehead atoms. The van der Waals surface area contributed by atoms with Crippen LogP contribution in [0.5, 0.6) is 0 Å². The van der Waals surface area contributed by atoms with Crippen molar-refractivity contribution in [3.8, 4) is 0 Å². The summed E-state index contributed by atoms with van der Waals surface area (Å²) in [4.78, 5) is 0.222. The minimum atomic E-state index is -3.76. The first-order valence-corrected chi connectivity index (χ1v) is 10.9. The van der Waals surface area contributed by atoms with E-state index in [0.717, 1.165) is 12.8 Å². The van der Waals surface area contributed by atoms with Crippen molar-refractivity contribution < 1.29 is 16.8 Å². The Kier molecular flexibility index (Phi) is 4.85. The van der Waals surface area contributed by atoms with E-state index in [-0.39, 0.29) is 9.79 Å². The molecule has 1 fully saturated rings. The second kappa shape index (κ2) is 6.77. The van der Waals surface area contributed by atoms with Crippen molar-refractivity contribution in [1.29, 1.82) is 0 Å². The molecule has 25 heavy (non-hydrogen) atoms. The zero-order chi connectivity index (χ0) is 18.1. The average Bonchev–Trinajstić information content (AvgIpc) is 3.27. The van der Waals surface area contributed by atoms with Gasteiger partial charge < -0.3 is 0 Å². The van der Waals surface area contributed by atoms with Crippen LogP contribution in [0.3, 0.4) is 0 Å². The molecule has 1 aliphatic rings. The zero-order valence-electron chi connectivity index (χ0n) is 13.8. The topological polar surface area (TPSA) is 101 Å². The van der Waals surface area contributed by atoms with Gasteiger partial charge in [0, 0.05) is 31.5 Å². The maximum absolute atomic E-state index is 12.5. The van der Waals surface area contributed by atoms with Gasteiger partial charge in [0.25, 0.3) is 10.0 Å². The van der Waals surface area contributed by atoms with Crippen LogP contribution in [-0.2, 0) is 26.6 Å². The first-order chi connectivity index (χ1) is 11.8. The molecule has 0 saturated carbocycles. The predicted molar refractivity (Wildman–Crippen MR) is 93.1 cm³/mol. The Balaban J connectivity index is 1.78. The summed E-state index contributed by atoms with van der Waals surface area (Å²) in [6, 6.07) is 5.73. The van der Waals surface area contributed by atoms with Gasteiger partial charge in [-0.1, -0.05) is 0 Å². The third-order valence-electron chi connectivity index (χ3n) is 4.05. The van der Waals surface area contributed by atoms with Gasteiger partial charge >= 0.3 is 0 Å². The number of hydrogen-bond donors (Lipinski definition) is 1. The van der Waals surface area contributed by atoms with E-state index in [9.17, 15) is 16.8 Å². The fourth-order valence-corrected chi connectivity index (χ4v) is 5.17. The second-order valence-electron chi connectivity index (χ2n) is 5.77.